The highest BCUT2D eigenvalue weighted by Gasteiger charge is 2.35. The molecule has 344 valence electrons. The molecule has 23 heteroatoms. The third kappa shape index (κ3) is 20.2. The van der Waals surface area contributed by atoms with Crippen LogP contribution in [0.4, 0.5) is 0 Å². The molecule has 0 saturated heterocycles. The minimum Gasteiger partial charge on any atom is -0.480 e. The van der Waals surface area contributed by atoms with Gasteiger partial charge in [0.25, 0.3) is 0 Å². The van der Waals surface area contributed by atoms with E-state index in [9.17, 15) is 48.3 Å². The highest BCUT2D eigenvalue weighted by atomic mass is 32.2. The Balaban J connectivity index is 5.93. The standard InChI is InChI=1S/C37H67N9O11S3/c1-9-19(5)28(35(54)39-14-27(48)41-24(13-18(3)4)32(51)44-26(17-59)34(53)40-21(7)37(56)57)46-31(50)23(11-12-60-8)42-33(52)25(15-47)43-36(55)29(20(6)10-2)45-30(49)22(38)16-58/h18-26,28-29,47,58-59H,9-17,38H2,1-8H3,(H,39,54)(H,40,53)(H,41,48)(H,42,52)(H,43,55)(H,44,51)(H,45,49)(H,46,50)(H,56,57)/t19-,20-,21-,22-,23-,24-,25-,26-,28-,29-/m0/s1. The summed E-state index contributed by atoms with van der Waals surface area (Å²) in [5, 5.41) is 39.2. The molecule has 10 atom stereocenters. The Bertz CT molecular complexity index is 1460. The molecule has 0 spiro atoms. The number of thiol groups is 2. The van der Waals surface area contributed by atoms with Crippen molar-refractivity contribution in [1.29, 1.82) is 0 Å². The van der Waals surface area contributed by atoms with Crippen LogP contribution in [-0.4, -0.2) is 148 Å². The number of aliphatic hydroxyl groups excluding tert-OH is 1. The molecule has 0 aromatic carbocycles. The maximum atomic E-state index is 13.7. The van der Waals surface area contributed by atoms with E-state index >= 15 is 0 Å². The topological polar surface area (TPSA) is 316 Å². The van der Waals surface area contributed by atoms with E-state index in [0.717, 1.165) is 0 Å². The molecule has 0 rings (SSSR count). The van der Waals surface area contributed by atoms with Crippen molar-refractivity contribution >= 4 is 90.2 Å². The van der Waals surface area contributed by atoms with Crippen LogP contribution in [0.2, 0.25) is 0 Å². The number of aliphatic hydroxyl groups is 1. The summed E-state index contributed by atoms with van der Waals surface area (Å²) in [6, 6.07) is -9.59. The van der Waals surface area contributed by atoms with Crippen LogP contribution in [0.25, 0.3) is 0 Å². The summed E-state index contributed by atoms with van der Waals surface area (Å²) in [4.78, 5) is 116. The fraction of sp³-hybridized carbons (Fsp3) is 0.757. The molecule has 0 bridgehead atoms. The summed E-state index contributed by atoms with van der Waals surface area (Å²) in [5.74, 6) is -8.01. The first-order chi connectivity index (χ1) is 28.1. The highest BCUT2D eigenvalue weighted by Crippen LogP contribution is 2.12. The van der Waals surface area contributed by atoms with Crippen LogP contribution in [0.15, 0.2) is 0 Å². The quantitative estimate of drug-likeness (QED) is 0.0351. The van der Waals surface area contributed by atoms with Crippen molar-refractivity contribution in [2.75, 3.05) is 36.7 Å². The van der Waals surface area contributed by atoms with Crippen LogP contribution in [-0.2, 0) is 43.2 Å². The smallest absolute Gasteiger partial charge is 0.325 e. The van der Waals surface area contributed by atoms with E-state index in [1.807, 2.05) is 0 Å². The van der Waals surface area contributed by atoms with Crippen LogP contribution in [0.5, 0.6) is 0 Å². The molecular weight excluding hydrogens is 843 g/mol. The first kappa shape index (κ1) is 56.2. The van der Waals surface area contributed by atoms with Gasteiger partial charge in [0, 0.05) is 11.5 Å². The largest absolute Gasteiger partial charge is 0.480 e. The number of rotatable bonds is 29. The zero-order chi connectivity index (χ0) is 46.3. The number of carbonyl (C=O) groups is 9. The molecule has 0 radical (unpaired) electrons. The second-order valence-corrected chi connectivity index (χ2v) is 16.6. The van der Waals surface area contributed by atoms with E-state index in [1.54, 1.807) is 47.8 Å². The molecule has 12 N–H and O–H groups in total. The number of carbonyl (C=O) groups excluding carboxylic acids is 8. The Hall–Kier alpha value is -3.80. The second-order valence-electron chi connectivity index (χ2n) is 14.9. The summed E-state index contributed by atoms with van der Waals surface area (Å²) in [6.07, 6.45) is 2.92. The number of hydrogen-bond acceptors (Lipinski definition) is 14. The minimum atomic E-state index is -1.51. The molecule has 8 amide bonds. The number of nitrogens with two attached hydrogens (primary N) is 1. The molecule has 0 aliphatic heterocycles. The maximum Gasteiger partial charge on any atom is 0.325 e. The van der Waals surface area contributed by atoms with E-state index in [4.69, 9.17) is 10.8 Å². The summed E-state index contributed by atoms with van der Waals surface area (Å²) in [5.41, 5.74) is 5.75. The fourth-order valence-corrected chi connectivity index (χ4v) is 6.20. The predicted octanol–water partition coefficient (Wildman–Crippen LogP) is -2.33. The third-order valence-corrected chi connectivity index (χ3v) is 10.9. The van der Waals surface area contributed by atoms with Gasteiger partial charge < -0.3 is 58.5 Å². The van der Waals surface area contributed by atoms with Crippen molar-refractivity contribution in [3.05, 3.63) is 0 Å². The molecule has 0 fully saturated rings. The van der Waals surface area contributed by atoms with Crippen molar-refractivity contribution in [2.24, 2.45) is 23.5 Å². The Morgan fingerprint density at radius 2 is 1.10 bits per heavy atom. The van der Waals surface area contributed by atoms with Crippen molar-refractivity contribution in [3.63, 3.8) is 0 Å². The number of nitrogens with one attached hydrogen (secondary N) is 8. The van der Waals surface area contributed by atoms with Gasteiger partial charge in [-0.15, -0.1) is 0 Å². The fourth-order valence-electron chi connectivity index (χ4n) is 5.30. The van der Waals surface area contributed by atoms with Gasteiger partial charge in [0.1, 0.15) is 42.3 Å². The van der Waals surface area contributed by atoms with Crippen LogP contribution in [0.1, 0.15) is 74.1 Å². The second kappa shape index (κ2) is 29.5. The summed E-state index contributed by atoms with van der Waals surface area (Å²) in [7, 11) is 0. The molecule has 0 unspecified atom stereocenters. The van der Waals surface area contributed by atoms with Gasteiger partial charge in [-0.05, 0) is 49.5 Å². The highest BCUT2D eigenvalue weighted by molar-refractivity contribution is 7.98. The molecule has 60 heavy (non-hydrogen) atoms. The lowest BCUT2D eigenvalue weighted by Gasteiger charge is -2.29. The van der Waals surface area contributed by atoms with Crippen LogP contribution in [0, 0.1) is 17.8 Å². The van der Waals surface area contributed by atoms with Gasteiger partial charge >= 0.3 is 5.97 Å². The first-order valence-electron chi connectivity index (χ1n) is 19.8. The van der Waals surface area contributed by atoms with E-state index in [0.29, 0.717) is 18.6 Å². The van der Waals surface area contributed by atoms with Gasteiger partial charge in [0.15, 0.2) is 0 Å². The van der Waals surface area contributed by atoms with Crippen molar-refractivity contribution < 1.29 is 53.4 Å². The van der Waals surface area contributed by atoms with Gasteiger partial charge in [-0.3, -0.25) is 43.2 Å². The average Bonchev–Trinajstić information content (AvgIpc) is 3.21. The molecule has 0 aromatic rings. The molecule has 0 saturated carbocycles. The monoisotopic (exact) mass is 909 g/mol. The van der Waals surface area contributed by atoms with E-state index < -0.39 is 121 Å². The molecule has 0 aliphatic rings. The normalized spacial score (nSPS) is 16.1. The van der Waals surface area contributed by atoms with Gasteiger partial charge in [-0.25, -0.2) is 0 Å². The SMILES string of the molecule is CC[C@H](C)[C@H](NC(=O)[C@H](CCSC)NC(=O)[C@H](CO)NC(=O)[C@@H](NC(=O)[C@@H](N)CS)[C@@H](C)CC)C(=O)NCC(=O)N[C@@H](CC(C)C)C(=O)N[C@@H](CS)C(=O)N[C@@H](C)C(=O)O. The Morgan fingerprint density at radius 3 is 1.58 bits per heavy atom. The number of thioether (sulfide) groups is 1. The number of hydrogen-bond donors (Lipinski definition) is 13. The predicted molar refractivity (Wildman–Crippen MR) is 234 cm³/mol. The van der Waals surface area contributed by atoms with Crippen molar-refractivity contribution in [2.45, 2.75) is 122 Å². The Labute approximate surface area is 367 Å². The summed E-state index contributed by atoms with van der Waals surface area (Å²) < 4.78 is 0. The number of carboxylic acids is 1. The molecule has 0 aromatic heterocycles. The first-order valence-corrected chi connectivity index (χ1v) is 22.5. The Morgan fingerprint density at radius 1 is 0.617 bits per heavy atom. The molecule has 0 aliphatic carbocycles. The van der Waals surface area contributed by atoms with Gasteiger partial charge in [-0.2, -0.15) is 37.0 Å². The van der Waals surface area contributed by atoms with Crippen molar-refractivity contribution in [1.82, 2.24) is 42.5 Å². The lowest BCUT2D eigenvalue weighted by molar-refractivity contribution is -0.141. The van der Waals surface area contributed by atoms with Crippen LogP contribution in [0.3, 0.4) is 0 Å². The lowest BCUT2D eigenvalue weighted by atomic mass is 9.97. The summed E-state index contributed by atoms with van der Waals surface area (Å²) in [6.45, 7) is 10.4. The number of amides is 8. The average molecular weight is 910 g/mol. The zero-order valence-corrected chi connectivity index (χ0v) is 38.3. The van der Waals surface area contributed by atoms with Gasteiger partial charge in [0.05, 0.1) is 19.2 Å². The van der Waals surface area contributed by atoms with Gasteiger partial charge in [0.2, 0.25) is 47.3 Å². The van der Waals surface area contributed by atoms with Crippen LogP contribution >= 0.6 is 37.0 Å². The number of carboxylic acid groups (broad SMARTS) is 1. The maximum absolute atomic E-state index is 13.7. The third-order valence-electron chi connectivity index (χ3n) is 9.51. The van der Waals surface area contributed by atoms with Crippen LogP contribution < -0.4 is 48.3 Å². The zero-order valence-electron chi connectivity index (χ0n) is 35.7. The molecular formula is C37H67N9O11S3. The Kier molecular flexibility index (Phi) is 27.6. The van der Waals surface area contributed by atoms with Gasteiger partial charge in [-0.1, -0.05) is 54.4 Å². The molecule has 20 nitrogen and oxygen atoms in total. The number of aliphatic carboxylic acids is 1. The van der Waals surface area contributed by atoms with Crippen molar-refractivity contribution in [3.8, 4) is 0 Å². The van der Waals surface area contributed by atoms with E-state index in [-0.39, 0.29) is 36.2 Å². The van der Waals surface area contributed by atoms with E-state index in [2.05, 4.69) is 67.8 Å². The summed E-state index contributed by atoms with van der Waals surface area (Å²) >= 11 is 9.48. The lowest BCUT2D eigenvalue weighted by Crippen LogP contribution is -2.61. The molecule has 0 heterocycles. The van der Waals surface area contributed by atoms with E-state index in [1.165, 1.54) is 18.7 Å². The minimum absolute atomic E-state index is 0.0247.